The number of phenolic OH excluding ortho intramolecular Hbond substituents is 3. The third kappa shape index (κ3) is 3.66. The molecule has 0 bridgehead atoms. The van der Waals surface area contributed by atoms with Gasteiger partial charge in [0.15, 0.2) is 5.76 Å². The normalized spacial score (nSPS) is 26.1. The van der Waals surface area contributed by atoms with E-state index in [0.717, 1.165) is 12.1 Å². The second kappa shape index (κ2) is 7.75. The van der Waals surface area contributed by atoms with E-state index in [2.05, 4.69) is 0 Å². The van der Waals surface area contributed by atoms with E-state index < -0.39 is 47.6 Å². The summed E-state index contributed by atoms with van der Waals surface area (Å²) in [6.07, 6.45) is -7.11. The van der Waals surface area contributed by atoms with Crippen molar-refractivity contribution in [1.82, 2.24) is 0 Å². The van der Waals surface area contributed by atoms with Crippen molar-refractivity contribution in [3.8, 4) is 34.3 Å². The van der Waals surface area contributed by atoms with Crippen LogP contribution in [0.3, 0.4) is 0 Å². The van der Waals surface area contributed by atoms with Crippen LogP contribution in [0.1, 0.15) is 6.92 Å². The second-order valence-corrected chi connectivity index (χ2v) is 7.27. The smallest absolute Gasteiger partial charge is 0.239 e. The molecule has 1 aliphatic heterocycles. The van der Waals surface area contributed by atoms with Crippen LogP contribution in [-0.4, -0.2) is 61.3 Å². The van der Waals surface area contributed by atoms with Gasteiger partial charge in [-0.15, -0.1) is 0 Å². The largest absolute Gasteiger partial charge is 0.508 e. The fourth-order valence-corrected chi connectivity index (χ4v) is 3.41. The van der Waals surface area contributed by atoms with Crippen molar-refractivity contribution in [1.29, 1.82) is 0 Å². The average molecular weight is 432 g/mol. The van der Waals surface area contributed by atoms with Crippen molar-refractivity contribution in [2.45, 2.75) is 37.6 Å². The summed E-state index contributed by atoms with van der Waals surface area (Å²) < 4.78 is 16.8. The Hall–Kier alpha value is -3.31. The first-order valence-corrected chi connectivity index (χ1v) is 9.36. The quantitative estimate of drug-likeness (QED) is 0.348. The van der Waals surface area contributed by atoms with Gasteiger partial charge in [0.1, 0.15) is 46.5 Å². The minimum atomic E-state index is -1.69. The van der Waals surface area contributed by atoms with Gasteiger partial charge in [-0.05, 0) is 31.2 Å². The monoisotopic (exact) mass is 432 g/mol. The standard InChI is InChI=1S/C21H20O10/c1-8-15(25)17(27)18(28)21(29-8)31-20-16(26)14-12(24)6-11(23)7-13(14)30-19(20)9-2-4-10(22)5-3-9/h2-8,15,17-18,21-25,27-28H,1H3/t8-,15-,17-,18-,21-/m0/s1. The number of aromatic hydroxyl groups is 3. The van der Waals surface area contributed by atoms with Crippen LogP contribution in [0.15, 0.2) is 45.6 Å². The number of ether oxygens (including phenoxy) is 2. The molecular formula is C21H20O10. The van der Waals surface area contributed by atoms with Gasteiger partial charge in [-0.1, -0.05) is 0 Å². The molecule has 10 heteroatoms. The van der Waals surface area contributed by atoms with E-state index in [1.54, 1.807) is 0 Å². The third-order valence-electron chi connectivity index (χ3n) is 5.09. The van der Waals surface area contributed by atoms with E-state index in [9.17, 15) is 35.4 Å². The molecule has 1 saturated heterocycles. The molecule has 2 heterocycles. The zero-order chi connectivity index (χ0) is 22.4. The van der Waals surface area contributed by atoms with Crippen molar-refractivity contribution < 1.29 is 44.5 Å². The summed E-state index contributed by atoms with van der Waals surface area (Å²) in [5.74, 6) is -1.51. The van der Waals surface area contributed by atoms with Gasteiger partial charge in [0.05, 0.1) is 6.10 Å². The van der Waals surface area contributed by atoms with Gasteiger partial charge in [-0.2, -0.15) is 0 Å². The lowest BCUT2D eigenvalue weighted by molar-refractivity contribution is -0.268. The minimum absolute atomic E-state index is 0.0402. The van der Waals surface area contributed by atoms with E-state index in [1.165, 1.54) is 31.2 Å². The molecule has 31 heavy (non-hydrogen) atoms. The van der Waals surface area contributed by atoms with Crippen LogP contribution in [0.25, 0.3) is 22.3 Å². The molecule has 164 valence electrons. The molecule has 4 rings (SSSR count). The number of fused-ring (bicyclic) bond motifs is 1. The van der Waals surface area contributed by atoms with E-state index in [1.807, 2.05) is 0 Å². The number of rotatable bonds is 3. The van der Waals surface area contributed by atoms with Gasteiger partial charge in [0.2, 0.25) is 17.5 Å². The zero-order valence-electron chi connectivity index (χ0n) is 16.2. The SMILES string of the molecule is C[C@@H]1O[C@@H](Oc2c(-c3ccc(O)cc3)oc3cc(O)cc(O)c3c2=O)[C@@H](O)[C@@H](O)[C@H]1O. The highest BCUT2D eigenvalue weighted by molar-refractivity contribution is 5.88. The van der Waals surface area contributed by atoms with Crippen LogP contribution in [0.5, 0.6) is 23.0 Å². The predicted molar refractivity (Wildman–Crippen MR) is 106 cm³/mol. The van der Waals surface area contributed by atoms with Crippen LogP contribution in [0.4, 0.5) is 0 Å². The fraction of sp³-hybridized carbons (Fsp3) is 0.286. The number of phenols is 3. The first-order chi connectivity index (χ1) is 14.7. The van der Waals surface area contributed by atoms with Crippen molar-refractivity contribution in [2.24, 2.45) is 0 Å². The molecule has 1 fully saturated rings. The maximum Gasteiger partial charge on any atom is 0.239 e. The highest BCUT2D eigenvalue weighted by Crippen LogP contribution is 2.37. The van der Waals surface area contributed by atoms with Crippen molar-refractivity contribution in [2.75, 3.05) is 0 Å². The molecule has 0 amide bonds. The van der Waals surface area contributed by atoms with Gasteiger partial charge in [0.25, 0.3) is 0 Å². The number of hydrogen-bond acceptors (Lipinski definition) is 10. The Balaban J connectivity index is 1.90. The minimum Gasteiger partial charge on any atom is -0.508 e. The molecule has 6 N–H and O–H groups in total. The molecule has 0 unspecified atom stereocenters. The highest BCUT2D eigenvalue weighted by Gasteiger charge is 2.44. The maximum atomic E-state index is 13.2. The summed E-state index contributed by atoms with van der Waals surface area (Å²) in [5, 5.41) is 59.4. The summed E-state index contributed by atoms with van der Waals surface area (Å²) in [7, 11) is 0. The Morgan fingerprint density at radius 2 is 1.58 bits per heavy atom. The van der Waals surface area contributed by atoms with Crippen molar-refractivity contribution >= 4 is 11.0 Å². The molecule has 0 aliphatic carbocycles. The number of aliphatic hydroxyl groups is 3. The number of benzene rings is 2. The molecule has 1 aromatic heterocycles. The van der Waals surface area contributed by atoms with Gasteiger partial charge in [0, 0.05) is 17.7 Å². The van der Waals surface area contributed by atoms with Gasteiger partial charge < -0.3 is 44.5 Å². The van der Waals surface area contributed by atoms with Crippen molar-refractivity contribution in [3.63, 3.8) is 0 Å². The molecule has 1 aliphatic rings. The first kappa shape index (κ1) is 20.9. The van der Waals surface area contributed by atoms with E-state index >= 15 is 0 Å². The van der Waals surface area contributed by atoms with E-state index in [0.29, 0.717) is 5.56 Å². The zero-order valence-corrected chi connectivity index (χ0v) is 16.2. The first-order valence-electron chi connectivity index (χ1n) is 9.36. The lowest BCUT2D eigenvalue weighted by Gasteiger charge is -2.38. The Bertz CT molecular complexity index is 1170. The Labute approximate surface area is 174 Å². The molecule has 0 radical (unpaired) electrons. The summed E-state index contributed by atoms with van der Waals surface area (Å²) in [6, 6.07) is 7.66. The van der Waals surface area contributed by atoms with E-state index in [-0.39, 0.29) is 28.2 Å². The van der Waals surface area contributed by atoms with Gasteiger partial charge >= 0.3 is 0 Å². The number of hydrogen-bond donors (Lipinski definition) is 6. The topological polar surface area (TPSA) is 170 Å². The fourth-order valence-electron chi connectivity index (χ4n) is 3.41. The average Bonchev–Trinajstić information content (AvgIpc) is 2.72. The third-order valence-corrected chi connectivity index (χ3v) is 5.09. The summed E-state index contributed by atoms with van der Waals surface area (Å²) >= 11 is 0. The summed E-state index contributed by atoms with van der Waals surface area (Å²) in [5.41, 5.74) is -0.661. The lowest BCUT2D eigenvalue weighted by atomic mass is 10.00. The summed E-state index contributed by atoms with van der Waals surface area (Å²) in [6.45, 7) is 1.45. The Morgan fingerprint density at radius 1 is 0.903 bits per heavy atom. The second-order valence-electron chi connectivity index (χ2n) is 7.27. The summed E-state index contributed by atoms with van der Waals surface area (Å²) in [4.78, 5) is 13.2. The molecular weight excluding hydrogens is 412 g/mol. The Kier molecular flexibility index (Phi) is 5.23. The van der Waals surface area contributed by atoms with Crippen LogP contribution >= 0.6 is 0 Å². The molecule has 0 spiro atoms. The van der Waals surface area contributed by atoms with Gasteiger partial charge in [-0.3, -0.25) is 4.79 Å². The molecule has 3 aromatic rings. The molecule has 2 aromatic carbocycles. The van der Waals surface area contributed by atoms with E-state index in [4.69, 9.17) is 13.9 Å². The van der Waals surface area contributed by atoms with Crippen molar-refractivity contribution in [3.05, 3.63) is 46.6 Å². The molecule has 5 atom stereocenters. The van der Waals surface area contributed by atoms with Crippen LogP contribution in [0, 0.1) is 0 Å². The predicted octanol–water partition coefficient (Wildman–Crippen LogP) is 0.783. The highest BCUT2D eigenvalue weighted by atomic mass is 16.7. The maximum absolute atomic E-state index is 13.2. The van der Waals surface area contributed by atoms with Gasteiger partial charge in [-0.25, -0.2) is 0 Å². The number of aliphatic hydroxyl groups excluding tert-OH is 3. The van der Waals surface area contributed by atoms with Crippen LogP contribution in [0.2, 0.25) is 0 Å². The van der Waals surface area contributed by atoms with Crippen LogP contribution < -0.4 is 10.2 Å². The molecule has 10 nitrogen and oxygen atoms in total. The Morgan fingerprint density at radius 3 is 2.26 bits per heavy atom. The molecule has 0 saturated carbocycles. The van der Waals surface area contributed by atoms with Crippen LogP contribution in [-0.2, 0) is 4.74 Å². The lowest BCUT2D eigenvalue weighted by Crippen LogP contribution is -2.58.